The van der Waals surface area contributed by atoms with Gasteiger partial charge in [0, 0.05) is 18.3 Å². The van der Waals surface area contributed by atoms with Crippen LogP contribution in [-0.2, 0) is 16.9 Å². The summed E-state index contributed by atoms with van der Waals surface area (Å²) in [5.41, 5.74) is -0.544. The molecule has 9 heteroatoms. The number of rotatable bonds is 4. The van der Waals surface area contributed by atoms with Gasteiger partial charge in [-0.05, 0) is 24.1 Å². The minimum Gasteiger partial charge on any atom is -0.319 e. The molecule has 0 aliphatic carbocycles. The summed E-state index contributed by atoms with van der Waals surface area (Å²) in [6, 6.07) is 8.31. The van der Waals surface area contributed by atoms with Crippen LogP contribution in [0.5, 0.6) is 0 Å². The number of amides is 3. The summed E-state index contributed by atoms with van der Waals surface area (Å²) < 4.78 is 0. The predicted octanol–water partition coefficient (Wildman–Crippen LogP) is 2.61. The van der Waals surface area contributed by atoms with Crippen molar-refractivity contribution in [3.05, 3.63) is 69.0 Å². The van der Waals surface area contributed by atoms with Gasteiger partial charge >= 0.3 is 6.03 Å². The van der Waals surface area contributed by atoms with Gasteiger partial charge in [0.2, 0.25) is 0 Å². The molecule has 0 saturated carbocycles. The summed E-state index contributed by atoms with van der Waals surface area (Å²) in [6.45, 7) is 1.55. The van der Waals surface area contributed by atoms with Gasteiger partial charge in [0.15, 0.2) is 0 Å². The van der Waals surface area contributed by atoms with Crippen molar-refractivity contribution >= 4 is 29.2 Å². The molecule has 3 rings (SSSR count). The smallest absolute Gasteiger partial charge is 0.319 e. The zero-order valence-electron chi connectivity index (χ0n) is 13.1. The average Bonchev–Trinajstić information content (AvgIpc) is 2.81. The van der Waals surface area contributed by atoms with Gasteiger partial charge in [0.1, 0.15) is 10.7 Å². The molecule has 25 heavy (non-hydrogen) atoms. The van der Waals surface area contributed by atoms with Gasteiger partial charge in [-0.25, -0.2) is 9.78 Å². The highest BCUT2D eigenvalue weighted by Crippen LogP contribution is 2.31. The summed E-state index contributed by atoms with van der Waals surface area (Å²) in [4.78, 5) is 40.5. The lowest BCUT2D eigenvalue weighted by molar-refractivity contribution is -0.385. The Hall–Kier alpha value is -3.00. The van der Waals surface area contributed by atoms with Crippen LogP contribution < -0.4 is 5.32 Å². The van der Waals surface area contributed by atoms with Crippen molar-refractivity contribution < 1.29 is 14.5 Å². The number of aromatic nitrogens is 1. The molecule has 3 amide bonds. The van der Waals surface area contributed by atoms with E-state index >= 15 is 0 Å². The summed E-state index contributed by atoms with van der Waals surface area (Å²) in [5, 5.41) is 13.9. The number of carbonyl (C=O) groups excluding carboxylic acids is 2. The largest absolute Gasteiger partial charge is 0.325 e. The van der Waals surface area contributed by atoms with Crippen molar-refractivity contribution in [2.24, 2.45) is 0 Å². The van der Waals surface area contributed by atoms with Crippen LogP contribution in [0.25, 0.3) is 0 Å². The van der Waals surface area contributed by atoms with Gasteiger partial charge in [-0.1, -0.05) is 29.8 Å². The molecule has 1 aromatic carbocycles. The molecule has 0 spiro atoms. The summed E-state index contributed by atoms with van der Waals surface area (Å²) >= 11 is 5.73. The zero-order chi connectivity index (χ0) is 18.2. The van der Waals surface area contributed by atoms with E-state index < -0.39 is 22.4 Å². The van der Waals surface area contributed by atoms with Gasteiger partial charge < -0.3 is 5.32 Å². The van der Waals surface area contributed by atoms with Crippen LogP contribution in [0.2, 0.25) is 5.15 Å². The Labute approximate surface area is 147 Å². The molecule has 1 N–H and O–H groups in total. The summed E-state index contributed by atoms with van der Waals surface area (Å²) in [5.74, 6) is -0.493. The van der Waals surface area contributed by atoms with Crippen molar-refractivity contribution in [2.45, 2.75) is 19.0 Å². The van der Waals surface area contributed by atoms with Crippen molar-refractivity contribution in [1.29, 1.82) is 0 Å². The van der Waals surface area contributed by atoms with Crippen LogP contribution >= 0.6 is 11.6 Å². The number of urea groups is 1. The maximum Gasteiger partial charge on any atom is 0.325 e. The van der Waals surface area contributed by atoms with Crippen molar-refractivity contribution in [3.8, 4) is 0 Å². The van der Waals surface area contributed by atoms with Crippen molar-refractivity contribution in [3.63, 3.8) is 0 Å². The first kappa shape index (κ1) is 16.8. The number of carbonyl (C=O) groups is 2. The predicted molar refractivity (Wildman–Crippen MR) is 88.8 cm³/mol. The van der Waals surface area contributed by atoms with E-state index in [1.807, 2.05) is 0 Å². The molecule has 1 aliphatic heterocycles. The SMILES string of the molecule is CC1(c2cccc([N+](=O)[O-])c2)NC(=O)N(Cc2ccc(Cl)nc2)C1=O. The molecule has 1 atom stereocenters. The molecular weight excluding hydrogens is 348 g/mol. The second-order valence-corrected chi connectivity index (χ2v) is 6.13. The van der Waals surface area contributed by atoms with Gasteiger partial charge in [0.25, 0.3) is 11.6 Å². The standard InChI is InChI=1S/C16H13ClN4O4/c1-16(11-3-2-4-12(7-11)21(24)25)14(22)20(15(23)19-16)9-10-5-6-13(17)18-8-10/h2-8H,9H2,1H3,(H,19,23). The minimum atomic E-state index is -1.37. The van der Waals surface area contributed by atoms with E-state index in [1.54, 1.807) is 18.2 Å². The average molecular weight is 361 g/mol. The third-order valence-electron chi connectivity index (χ3n) is 4.04. The molecule has 128 valence electrons. The normalized spacial score (nSPS) is 19.8. The molecule has 8 nitrogen and oxygen atoms in total. The minimum absolute atomic E-state index is 0.0271. The maximum absolute atomic E-state index is 12.8. The quantitative estimate of drug-likeness (QED) is 0.390. The van der Waals surface area contributed by atoms with E-state index in [0.29, 0.717) is 16.3 Å². The number of halogens is 1. The van der Waals surface area contributed by atoms with Crippen LogP contribution in [0.3, 0.4) is 0 Å². The van der Waals surface area contributed by atoms with E-state index in [9.17, 15) is 19.7 Å². The molecule has 2 heterocycles. The van der Waals surface area contributed by atoms with Crippen LogP contribution in [-0.4, -0.2) is 26.7 Å². The summed E-state index contributed by atoms with van der Waals surface area (Å²) in [7, 11) is 0. The highest BCUT2D eigenvalue weighted by Gasteiger charge is 2.49. The number of nitro groups is 1. The molecule has 2 aromatic rings. The molecule has 1 aromatic heterocycles. The summed E-state index contributed by atoms with van der Waals surface area (Å²) in [6.07, 6.45) is 1.48. The second-order valence-electron chi connectivity index (χ2n) is 5.74. The fourth-order valence-electron chi connectivity index (χ4n) is 2.65. The van der Waals surface area contributed by atoms with Crippen LogP contribution in [0, 0.1) is 10.1 Å². The number of nitrogens with one attached hydrogen (secondary N) is 1. The Balaban J connectivity index is 1.90. The van der Waals surface area contributed by atoms with E-state index in [-0.39, 0.29) is 12.2 Å². The highest BCUT2D eigenvalue weighted by atomic mass is 35.5. The van der Waals surface area contributed by atoms with Gasteiger partial charge in [-0.2, -0.15) is 0 Å². The van der Waals surface area contributed by atoms with Crippen molar-refractivity contribution in [2.75, 3.05) is 0 Å². The topological polar surface area (TPSA) is 105 Å². The molecule has 0 radical (unpaired) electrons. The Morgan fingerprint density at radius 2 is 2.08 bits per heavy atom. The molecule has 0 bridgehead atoms. The monoisotopic (exact) mass is 360 g/mol. The lowest BCUT2D eigenvalue weighted by Gasteiger charge is -2.22. The number of nitro benzene ring substituents is 1. The number of hydrogen-bond donors (Lipinski definition) is 1. The van der Waals surface area contributed by atoms with Gasteiger partial charge in [-0.3, -0.25) is 19.8 Å². The number of hydrogen-bond acceptors (Lipinski definition) is 5. The zero-order valence-corrected chi connectivity index (χ0v) is 13.9. The van der Waals surface area contributed by atoms with E-state index in [1.165, 1.54) is 31.3 Å². The lowest BCUT2D eigenvalue weighted by Crippen LogP contribution is -2.40. The fraction of sp³-hybridized carbons (Fsp3) is 0.188. The lowest BCUT2D eigenvalue weighted by atomic mass is 9.91. The van der Waals surface area contributed by atoms with Crippen LogP contribution in [0.1, 0.15) is 18.1 Å². The number of imide groups is 1. The Bertz CT molecular complexity index is 871. The Kier molecular flexibility index (Phi) is 4.13. The van der Waals surface area contributed by atoms with Crippen molar-refractivity contribution in [1.82, 2.24) is 15.2 Å². The van der Waals surface area contributed by atoms with E-state index in [0.717, 1.165) is 4.90 Å². The third kappa shape index (κ3) is 3.03. The second kappa shape index (κ2) is 6.14. The Morgan fingerprint density at radius 3 is 2.72 bits per heavy atom. The molecular formula is C16H13ClN4O4. The highest BCUT2D eigenvalue weighted by molar-refractivity contribution is 6.29. The van der Waals surface area contributed by atoms with E-state index in [2.05, 4.69) is 10.3 Å². The number of non-ortho nitro benzene ring substituents is 1. The molecule has 1 fully saturated rings. The molecule has 1 saturated heterocycles. The molecule has 1 aliphatic rings. The molecule has 1 unspecified atom stereocenters. The first-order valence-corrected chi connectivity index (χ1v) is 7.68. The number of benzene rings is 1. The Morgan fingerprint density at radius 1 is 1.32 bits per heavy atom. The first-order valence-electron chi connectivity index (χ1n) is 7.31. The fourth-order valence-corrected chi connectivity index (χ4v) is 2.76. The van der Waals surface area contributed by atoms with Gasteiger partial charge in [0.05, 0.1) is 11.5 Å². The third-order valence-corrected chi connectivity index (χ3v) is 4.26. The maximum atomic E-state index is 12.8. The van der Waals surface area contributed by atoms with E-state index in [4.69, 9.17) is 11.6 Å². The van der Waals surface area contributed by atoms with Crippen LogP contribution in [0.15, 0.2) is 42.6 Å². The first-order chi connectivity index (χ1) is 11.8. The number of nitrogens with zero attached hydrogens (tertiary/aromatic N) is 3. The van der Waals surface area contributed by atoms with Gasteiger partial charge in [-0.15, -0.1) is 0 Å². The number of pyridine rings is 1. The van der Waals surface area contributed by atoms with Crippen LogP contribution in [0.4, 0.5) is 10.5 Å².